The van der Waals surface area contributed by atoms with Crippen molar-refractivity contribution in [2.24, 2.45) is 0 Å². The molecule has 0 aliphatic rings. The Bertz CT molecular complexity index is 1450. The number of amides is 1. The molecule has 492 valence electrons. The first kappa shape index (κ1) is 81.6. The minimum Gasteiger partial charge on any atom is -0.466 e. The summed E-state index contributed by atoms with van der Waals surface area (Å²) in [5.74, 6) is -0.0597. The largest absolute Gasteiger partial charge is 0.466 e. The lowest BCUT2D eigenvalue weighted by Crippen LogP contribution is -2.45. The average Bonchev–Trinajstić information content (AvgIpc) is 3.51. The maximum atomic E-state index is 12.5. The number of rotatable bonds is 70. The van der Waals surface area contributed by atoms with Crippen LogP contribution < -0.4 is 5.32 Å². The molecule has 0 aromatic heterocycles. The van der Waals surface area contributed by atoms with Crippen LogP contribution in [0.3, 0.4) is 0 Å². The van der Waals surface area contributed by atoms with Gasteiger partial charge in [-0.25, -0.2) is 0 Å². The van der Waals surface area contributed by atoms with Gasteiger partial charge in [-0.3, -0.25) is 9.59 Å². The van der Waals surface area contributed by atoms with Gasteiger partial charge in [-0.05, 0) is 89.9 Å². The van der Waals surface area contributed by atoms with E-state index in [2.05, 4.69) is 67.8 Å². The van der Waals surface area contributed by atoms with E-state index in [0.717, 1.165) is 57.8 Å². The van der Waals surface area contributed by atoms with Crippen molar-refractivity contribution in [3.8, 4) is 0 Å². The number of aliphatic hydroxyl groups excluding tert-OH is 2. The molecular formula is C78H145NO5. The summed E-state index contributed by atoms with van der Waals surface area (Å²) in [6, 6.07) is -0.627. The van der Waals surface area contributed by atoms with Crippen molar-refractivity contribution in [1.82, 2.24) is 5.32 Å². The molecule has 0 fully saturated rings. The smallest absolute Gasteiger partial charge is 0.305 e. The van der Waals surface area contributed by atoms with E-state index >= 15 is 0 Å². The van der Waals surface area contributed by atoms with Gasteiger partial charge < -0.3 is 20.3 Å². The maximum absolute atomic E-state index is 12.5. The number of hydrogen-bond donors (Lipinski definition) is 3. The number of hydrogen-bond acceptors (Lipinski definition) is 5. The Labute approximate surface area is 524 Å². The molecule has 0 radical (unpaired) electrons. The molecule has 0 saturated heterocycles. The normalized spacial score (nSPS) is 12.9. The third kappa shape index (κ3) is 68.7. The summed E-state index contributed by atoms with van der Waals surface area (Å²) in [7, 11) is 0. The summed E-state index contributed by atoms with van der Waals surface area (Å²) >= 11 is 0. The third-order valence-corrected chi connectivity index (χ3v) is 17.2. The molecule has 6 heteroatoms. The van der Waals surface area contributed by atoms with Crippen molar-refractivity contribution in [1.29, 1.82) is 0 Å². The number of unbranched alkanes of at least 4 members (excludes halogenated alkanes) is 51. The molecule has 3 N–H and O–H groups in total. The number of nitrogens with one attached hydrogen (secondary N) is 1. The Kier molecular flexibility index (Phi) is 70.9. The van der Waals surface area contributed by atoms with E-state index in [4.69, 9.17) is 4.74 Å². The predicted octanol–water partition coefficient (Wildman–Crippen LogP) is 24.6. The molecule has 84 heavy (non-hydrogen) atoms. The van der Waals surface area contributed by atoms with Crippen LogP contribution in [-0.4, -0.2) is 47.4 Å². The zero-order chi connectivity index (χ0) is 60.6. The summed E-state index contributed by atoms with van der Waals surface area (Å²) in [6.07, 6.45) is 97.6. The molecule has 2 atom stereocenters. The van der Waals surface area contributed by atoms with Crippen LogP contribution in [0.4, 0.5) is 0 Å². The highest BCUT2D eigenvalue weighted by molar-refractivity contribution is 5.76. The molecule has 0 aromatic carbocycles. The van der Waals surface area contributed by atoms with Gasteiger partial charge in [0.15, 0.2) is 0 Å². The van der Waals surface area contributed by atoms with Crippen molar-refractivity contribution in [2.45, 2.75) is 411 Å². The predicted molar refractivity (Wildman–Crippen MR) is 370 cm³/mol. The Morgan fingerprint density at radius 3 is 0.952 bits per heavy atom. The van der Waals surface area contributed by atoms with E-state index in [0.29, 0.717) is 19.4 Å². The topological polar surface area (TPSA) is 95.9 Å². The quantitative estimate of drug-likeness (QED) is 0.0320. The Morgan fingerprint density at radius 2 is 0.619 bits per heavy atom. The molecule has 0 heterocycles. The second kappa shape index (κ2) is 73.0. The fourth-order valence-electron chi connectivity index (χ4n) is 11.5. The number of allylic oxidation sites excluding steroid dienone is 9. The average molecular weight is 1180 g/mol. The van der Waals surface area contributed by atoms with Crippen LogP contribution in [0.25, 0.3) is 0 Å². The van der Waals surface area contributed by atoms with E-state index in [1.165, 1.54) is 315 Å². The van der Waals surface area contributed by atoms with E-state index in [1.807, 2.05) is 6.08 Å². The second-order valence-electron chi connectivity index (χ2n) is 25.6. The van der Waals surface area contributed by atoms with Gasteiger partial charge in [-0.15, -0.1) is 0 Å². The number of esters is 1. The monoisotopic (exact) mass is 1180 g/mol. The number of ether oxygens (including phenoxy) is 1. The minimum absolute atomic E-state index is 0.00303. The molecule has 0 rings (SSSR count). The van der Waals surface area contributed by atoms with Crippen LogP contribution in [-0.2, 0) is 14.3 Å². The number of aliphatic hydroxyl groups is 2. The molecule has 1 amide bonds. The van der Waals surface area contributed by atoms with Crippen LogP contribution in [0.2, 0.25) is 0 Å². The van der Waals surface area contributed by atoms with Crippen molar-refractivity contribution in [3.05, 3.63) is 60.8 Å². The van der Waals surface area contributed by atoms with Gasteiger partial charge in [0.2, 0.25) is 5.91 Å². The zero-order valence-electron chi connectivity index (χ0n) is 56.4. The van der Waals surface area contributed by atoms with Gasteiger partial charge in [0.25, 0.3) is 0 Å². The molecular weight excluding hydrogens is 1030 g/mol. The molecule has 0 bridgehead atoms. The van der Waals surface area contributed by atoms with Gasteiger partial charge in [0.1, 0.15) is 0 Å². The van der Waals surface area contributed by atoms with E-state index in [9.17, 15) is 19.8 Å². The van der Waals surface area contributed by atoms with Gasteiger partial charge in [0.05, 0.1) is 25.4 Å². The molecule has 0 spiro atoms. The first-order chi connectivity index (χ1) is 41.5. The fraction of sp³-hybridized carbons (Fsp3) is 0.846. The lowest BCUT2D eigenvalue weighted by molar-refractivity contribution is -0.143. The maximum Gasteiger partial charge on any atom is 0.305 e. The molecule has 2 unspecified atom stereocenters. The molecule has 0 aliphatic heterocycles. The Morgan fingerprint density at radius 1 is 0.333 bits per heavy atom. The summed E-state index contributed by atoms with van der Waals surface area (Å²) in [6.45, 7) is 4.86. The summed E-state index contributed by atoms with van der Waals surface area (Å²) < 4.78 is 5.48. The van der Waals surface area contributed by atoms with Crippen LogP contribution in [0.5, 0.6) is 0 Å². The fourth-order valence-corrected chi connectivity index (χ4v) is 11.5. The molecule has 6 nitrogen and oxygen atoms in total. The highest BCUT2D eigenvalue weighted by Gasteiger charge is 2.18. The third-order valence-electron chi connectivity index (χ3n) is 17.2. The number of carbonyl (C=O) groups excluding carboxylic acids is 2. The van der Waals surface area contributed by atoms with Crippen LogP contribution in [0.15, 0.2) is 60.8 Å². The lowest BCUT2D eigenvalue weighted by Gasteiger charge is -2.20. The van der Waals surface area contributed by atoms with Crippen LogP contribution in [0, 0.1) is 0 Å². The van der Waals surface area contributed by atoms with Crippen molar-refractivity contribution >= 4 is 11.9 Å². The van der Waals surface area contributed by atoms with Gasteiger partial charge in [0, 0.05) is 12.8 Å². The van der Waals surface area contributed by atoms with Crippen molar-refractivity contribution in [2.75, 3.05) is 13.2 Å². The summed E-state index contributed by atoms with van der Waals surface area (Å²) in [5.41, 5.74) is 0. The van der Waals surface area contributed by atoms with Crippen LogP contribution in [0.1, 0.15) is 399 Å². The summed E-state index contributed by atoms with van der Waals surface area (Å²) in [4.78, 5) is 24.5. The summed E-state index contributed by atoms with van der Waals surface area (Å²) in [5, 5.41) is 23.2. The van der Waals surface area contributed by atoms with E-state index in [-0.39, 0.29) is 18.5 Å². The minimum atomic E-state index is -0.844. The van der Waals surface area contributed by atoms with Crippen molar-refractivity contribution < 1.29 is 24.5 Å². The number of carbonyl (C=O) groups is 2. The van der Waals surface area contributed by atoms with E-state index in [1.54, 1.807) is 6.08 Å². The first-order valence-electron chi connectivity index (χ1n) is 37.6. The van der Waals surface area contributed by atoms with Gasteiger partial charge in [-0.2, -0.15) is 0 Å². The molecule has 0 aliphatic carbocycles. The van der Waals surface area contributed by atoms with Crippen molar-refractivity contribution in [3.63, 3.8) is 0 Å². The standard InChI is InChI=1S/C78H145NO5/c1-3-5-7-9-11-13-15-17-18-40-43-47-50-54-58-62-66-70-76(81)75(74-80)79-77(82)71-67-63-59-55-51-48-44-41-38-36-34-32-30-28-26-24-22-20-19-21-23-25-27-29-31-33-35-37-39-42-45-49-53-57-61-65-69-73-84-78(83)72-68-64-60-56-52-46-16-14-12-10-8-6-4-2/h8,10,14,16,19,21,25,27,66,70,75-76,80-81H,3-7,9,11-13,15,17-18,20,22-24,26,28-65,67-69,71-74H2,1-2H3,(H,79,82)/b10-8-,16-14-,21-19-,27-25-,70-66+. The highest BCUT2D eigenvalue weighted by Crippen LogP contribution is 2.19. The van der Waals surface area contributed by atoms with Gasteiger partial charge in [-0.1, -0.05) is 357 Å². The van der Waals surface area contributed by atoms with Crippen LogP contribution >= 0.6 is 0 Å². The second-order valence-corrected chi connectivity index (χ2v) is 25.6. The SMILES string of the molecule is CCC/C=C\C/C=C\CCCCCCCC(=O)OCCCCCCCCCCCCCCC/C=C\C/C=C\CCCCCCCCCCCCCCCCCCCC(=O)NC(CO)C(O)/C=C/CCCCCCCCCCCCCCCCC. The Balaban J connectivity index is 3.39. The first-order valence-corrected chi connectivity index (χ1v) is 37.6. The molecule has 0 saturated carbocycles. The Hall–Kier alpha value is -2.44. The lowest BCUT2D eigenvalue weighted by atomic mass is 10.0. The van der Waals surface area contributed by atoms with Gasteiger partial charge >= 0.3 is 5.97 Å². The zero-order valence-corrected chi connectivity index (χ0v) is 56.4. The van der Waals surface area contributed by atoms with E-state index < -0.39 is 12.1 Å². The highest BCUT2D eigenvalue weighted by atomic mass is 16.5. The molecule has 0 aromatic rings.